The molecule has 0 unspecified atom stereocenters. The molecule has 6 aromatic rings. The summed E-state index contributed by atoms with van der Waals surface area (Å²) < 4.78 is 28.9. The van der Waals surface area contributed by atoms with Crippen LogP contribution in [0.3, 0.4) is 0 Å². The molecule has 1 amide bonds. The standard InChI is InChI=1S/C25H28N4O4S.C20H20N4O2S.2ClH/c1-25(2,3)33-24(30)28-23-27-18-10-12-29(14-21(18)34-23)13-16-6-8-17(9-7-16)20-15-31-19-5-4-11-26-22(19)32-20;21-20-23-15-7-9-24(11-18(15)27-20)10-13-3-5-14(6-4-13)17-12-25-16-2-1-8-22-19(16)26-17;;/h4-9,11,20H,10,12-15H2,1-3H3,(H,27,28,30);1-6,8,17H,7,9-12H2,(H2,21,23);2*1H/t20-;17-;;/m11../s1. The third-order valence-electron chi connectivity index (χ3n) is 10.5. The van der Waals surface area contributed by atoms with Gasteiger partial charge >= 0.3 is 6.09 Å². The molecular formula is C45H50Cl2N8O6S2. The van der Waals surface area contributed by atoms with E-state index in [1.807, 2.05) is 45.0 Å². The number of nitrogens with one attached hydrogen (secondary N) is 1. The van der Waals surface area contributed by atoms with Gasteiger partial charge in [-0.1, -0.05) is 59.9 Å². The van der Waals surface area contributed by atoms with E-state index in [9.17, 15) is 4.79 Å². The Hall–Kier alpha value is -5.23. The van der Waals surface area contributed by atoms with Crippen molar-refractivity contribution in [3.05, 3.63) is 129 Å². The fraction of sp³-hybridized carbons (Fsp3) is 0.356. The molecule has 0 aliphatic carbocycles. The number of thiazole rings is 2. The van der Waals surface area contributed by atoms with Crippen LogP contribution in [0.25, 0.3) is 0 Å². The summed E-state index contributed by atoms with van der Waals surface area (Å²) >= 11 is 3.13. The number of hydrogen-bond donors (Lipinski definition) is 2. The maximum absolute atomic E-state index is 12.1. The Morgan fingerprint density at radius 2 is 1.24 bits per heavy atom. The normalized spacial score (nSPS) is 17.6. The molecule has 8 heterocycles. The van der Waals surface area contributed by atoms with Gasteiger partial charge in [-0.05, 0) is 67.3 Å². The lowest BCUT2D eigenvalue weighted by Crippen LogP contribution is -2.29. The van der Waals surface area contributed by atoms with Crippen molar-refractivity contribution < 1.29 is 28.5 Å². The molecule has 0 saturated carbocycles. The zero-order valence-corrected chi connectivity index (χ0v) is 38.4. The SMILES string of the molecule is CC(C)(C)OC(=O)Nc1nc2c(s1)CN(Cc1ccc([C@H]3COc4cccnc4O3)cc1)CC2.Cl.Cl.Nc1nc2c(s1)CN(Cc1ccc([C@H]3COc4cccnc4O3)cc1)CC2. The van der Waals surface area contributed by atoms with Crippen LogP contribution in [0.4, 0.5) is 15.1 Å². The van der Waals surface area contributed by atoms with Crippen molar-refractivity contribution in [3.63, 3.8) is 0 Å². The summed E-state index contributed by atoms with van der Waals surface area (Å²) in [6.45, 7) is 11.9. The molecule has 2 aromatic carbocycles. The first-order chi connectivity index (χ1) is 29.6. The number of nitrogens with zero attached hydrogens (tertiary/aromatic N) is 6. The van der Waals surface area contributed by atoms with Crippen molar-refractivity contribution in [2.45, 2.75) is 77.6 Å². The molecule has 0 fully saturated rings. The number of carbonyl (C=O) groups excluding carboxylic acids is 1. The van der Waals surface area contributed by atoms with Gasteiger partial charge in [-0.3, -0.25) is 15.1 Å². The lowest BCUT2D eigenvalue weighted by Gasteiger charge is -2.27. The van der Waals surface area contributed by atoms with Crippen molar-refractivity contribution in [2.24, 2.45) is 0 Å². The number of amides is 1. The summed E-state index contributed by atoms with van der Waals surface area (Å²) in [5.74, 6) is 2.49. The van der Waals surface area contributed by atoms with Crippen LogP contribution < -0.4 is 30.0 Å². The minimum atomic E-state index is -0.537. The number of anilines is 2. The molecular weight excluding hydrogens is 884 g/mol. The van der Waals surface area contributed by atoms with Crippen molar-refractivity contribution in [1.29, 1.82) is 0 Å². The molecule has 10 rings (SSSR count). The highest BCUT2D eigenvalue weighted by molar-refractivity contribution is 7.16. The molecule has 0 radical (unpaired) electrons. The lowest BCUT2D eigenvalue weighted by molar-refractivity contribution is 0.0636. The Morgan fingerprint density at radius 1 is 0.746 bits per heavy atom. The summed E-state index contributed by atoms with van der Waals surface area (Å²) in [5.41, 5.74) is 12.2. The molecule has 14 nitrogen and oxygen atoms in total. The van der Waals surface area contributed by atoms with Crippen LogP contribution in [-0.4, -0.2) is 67.7 Å². The van der Waals surface area contributed by atoms with Gasteiger partial charge in [0.2, 0.25) is 0 Å². The van der Waals surface area contributed by atoms with Crippen LogP contribution >= 0.6 is 47.5 Å². The first-order valence-corrected chi connectivity index (χ1v) is 22.0. The van der Waals surface area contributed by atoms with Crippen LogP contribution in [-0.2, 0) is 43.8 Å². The highest BCUT2D eigenvalue weighted by atomic mass is 35.5. The topological polar surface area (TPSA) is 159 Å². The lowest BCUT2D eigenvalue weighted by atomic mass is 10.1. The Bertz CT molecular complexity index is 2480. The van der Waals surface area contributed by atoms with Gasteiger partial charge in [0.15, 0.2) is 34.0 Å². The van der Waals surface area contributed by atoms with Crippen LogP contribution in [0.15, 0.2) is 85.2 Å². The van der Waals surface area contributed by atoms with Crippen LogP contribution in [0.5, 0.6) is 23.3 Å². The minimum Gasteiger partial charge on any atom is -0.484 e. The van der Waals surface area contributed by atoms with E-state index in [0.29, 0.717) is 46.7 Å². The van der Waals surface area contributed by atoms with E-state index < -0.39 is 11.7 Å². The van der Waals surface area contributed by atoms with Gasteiger partial charge in [-0.15, -0.1) is 36.2 Å². The fourth-order valence-electron chi connectivity index (χ4n) is 7.57. The summed E-state index contributed by atoms with van der Waals surface area (Å²) in [4.78, 5) is 36.9. The molecule has 4 aliphatic heterocycles. The quantitative estimate of drug-likeness (QED) is 0.156. The zero-order chi connectivity index (χ0) is 41.9. The average molecular weight is 934 g/mol. The summed E-state index contributed by atoms with van der Waals surface area (Å²) in [6.07, 6.45) is 4.50. The number of nitrogens with two attached hydrogens (primary N) is 1. The van der Waals surface area contributed by atoms with Crippen LogP contribution in [0, 0.1) is 0 Å². The van der Waals surface area contributed by atoms with Crippen molar-refractivity contribution in [2.75, 3.05) is 37.4 Å². The number of fused-ring (bicyclic) bond motifs is 4. The monoisotopic (exact) mass is 932 g/mol. The second kappa shape index (κ2) is 20.1. The number of nitrogen functional groups attached to an aromatic ring is 1. The largest absolute Gasteiger partial charge is 0.484 e. The summed E-state index contributed by atoms with van der Waals surface area (Å²) in [6, 6.07) is 24.5. The Morgan fingerprint density at radius 3 is 1.75 bits per heavy atom. The molecule has 0 spiro atoms. The number of rotatable bonds is 7. The van der Waals surface area contributed by atoms with Crippen molar-refractivity contribution in [1.82, 2.24) is 29.7 Å². The number of pyridine rings is 2. The number of halogens is 2. The van der Waals surface area contributed by atoms with Gasteiger partial charge in [0, 0.05) is 74.3 Å². The van der Waals surface area contributed by atoms with Gasteiger partial charge in [-0.25, -0.2) is 24.7 Å². The Labute approximate surface area is 387 Å². The molecule has 18 heteroatoms. The van der Waals surface area contributed by atoms with E-state index in [4.69, 9.17) is 29.4 Å². The van der Waals surface area contributed by atoms with Gasteiger partial charge in [0.25, 0.3) is 11.8 Å². The molecule has 63 heavy (non-hydrogen) atoms. The van der Waals surface area contributed by atoms with E-state index >= 15 is 0 Å². The molecule has 0 bridgehead atoms. The average Bonchev–Trinajstić information content (AvgIpc) is 3.84. The predicted octanol–water partition coefficient (Wildman–Crippen LogP) is 8.99. The maximum Gasteiger partial charge on any atom is 0.413 e. The molecule has 332 valence electrons. The number of aromatic nitrogens is 4. The molecule has 4 aliphatic rings. The second-order valence-electron chi connectivity index (χ2n) is 16.3. The summed E-state index contributed by atoms with van der Waals surface area (Å²) in [7, 11) is 0. The number of ether oxygens (including phenoxy) is 5. The second-order valence-corrected chi connectivity index (χ2v) is 18.5. The number of hydrogen-bond acceptors (Lipinski definition) is 15. The number of carbonyl (C=O) groups is 1. The van der Waals surface area contributed by atoms with Crippen LogP contribution in [0.1, 0.15) is 76.4 Å². The third kappa shape index (κ3) is 11.5. The molecule has 4 aromatic heterocycles. The zero-order valence-electron chi connectivity index (χ0n) is 35.2. The van der Waals surface area contributed by atoms with Gasteiger partial charge in [0.1, 0.15) is 18.8 Å². The van der Waals surface area contributed by atoms with Crippen molar-refractivity contribution in [3.8, 4) is 23.3 Å². The van der Waals surface area contributed by atoms with Gasteiger partial charge in [0.05, 0.1) is 11.4 Å². The van der Waals surface area contributed by atoms with E-state index in [-0.39, 0.29) is 37.0 Å². The number of benzene rings is 2. The van der Waals surface area contributed by atoms with E-state index in [1.54, 1.807) is 23.7 Å². The molecule has 0 saturated heterocycles. The molecule has 2 atom stereocenters. The Balaban J connectivity index is 0.000000187. The maximum atomic E-state index is 12.1. The van der Waals surface area contributed by atoms with E-state index in [1.165, 1.54) is 37.9 Å². The van der Waals surface area contributed by atoms with Crippen LogP contribution in [0.2, 0.25) is 0 Å². The minimum absolute atomic E-state index is 0. The van der Waals surface area contributed by atoms with E-state index in [2.05, 4.69) is 83.6 Å². The van der Waals surface area contributed by atoms with Gasteiger partial charge < -0.3 is 29.4 Å². The highest BCUT2D eigenvalue weighted by Gasteiger charge is 2.27. The molecule has 3 N–H and O–H groups in total. The third-order valence-corrected chi connectivity index (χ3v) is 12.4. The highest BCUT2D eigenvalue weighted by Crippen LogP contribution is 2.36. The van der Waals surface area contributed by atoms with Gasteiger partial charge in [-0.2, -0.15) is 0 Å². The fourth-order valence-corrected chi connectivity index (χ4v) is 9.53. The smallest absolute Gasteiger partial charge is 0.413 e. The first-order valence-electron chi connectivity index (χ1n) is 20.4. The predicted molar refractivity (Wildman–Crippen MR) is 248 cm³/mol. The Kier molecular flexibility index (Phi) is 14.6. The van der Waals surface area contributed by atoms with Crippen molar-refractivity contribution >= 4 is 63.8 Å². The first kappa shape index (κ1) is 45.8. The summed E-state index contributed by atoms with van der Waals surface area (Å²) in [5, 5.41) is 4.04. The van der Waals surface area contributed by atoms with E-state index in [0.717, 1.165) is 68.9 Å².